The lowest BCUT2D eigenvalue weighted by molar-refractivity contribution is -0.140. The van der Waals surface area contributed by atoms with Crippen molar-refractivity contribution in [2.75, 3.05) is 6.54 Å². The van der Waals surface area contributed by atoms with E-state index in [-0.39, 0.29) is 12.5 Å². The standard InChI is InChI=1S/C15H23NO3/c1-4-11-6-5-7-12(8-11)13(17)9-16-14(10(2)3)15(18)19/h5-8,10,13-14,16-17H,4,9H2,1-3H3,(H,18,19)/t13?,14-/m1/s1. The van der Waals surface area contributed by atoms with Crippen LogP contribution >= 0.6 is 0 Å². The van der Waals surface area contributed by atoms with Crippen molar-refractivity contribution in [1.29, 1.82) is 0 Å². The van der Waals surface area contributed by atoms with Gasteiger partial charge in [-0.15, -0.1) is 0 Å². The van der Waals surface area contributed by atoms with Gasteiger partial charge in [0.05, 0.1) is 6.10 Å². The van der Waals surface area contributed by atoms with Crippen LogP contribution in [0.5, 0.6) is 0 Å². The second-order valence-corrected chi connectivity index (χ2v) is 5.08. The first-order valence-electron chi connectivity index (χ1n) is 6.68. The highest BCUT2D eigenvalue weighted by Crippen LogP contribution is 2.15. The van der Waals surface area contributed by atoms with Gasteiger partial charge < -0.3 is 15.5 Å². The Morgan fingerprint density at radius 2 is 2.05 bits per heavy atom. The van der Waals surface area contributed by atoms with Crippen LogP contribution in [0.2, 0.25) is 0 Å². The normalized spacial score (nSPS) is 14.4. The van der Waals surface area contributed by atoms with Crippen LogP contribution in [-0.2, 0) is 11.2 Å². The lowest BCUT2D eigenvalue weighted by Crippen LogP contribution is -2.42. The van der Waals surface area contributed by atoms with Crippen LogP contribution < -0.4 is 5.32 Å². The van der Waals surface area contributed by atoms with Crippen molar-refractivity contribution in [3.63, 3.8) is 0 Å². The molecule has 2 atom stereocenters. The van der Waals surface area contributed by atoms with Crippen LogP contribution in [0.3, 0.4) is 0 Å². The van der Waals surface area contributed by atoms with Gasteiger partial charge in [0.15, 0.2) is 0 Å². The van der Waals surface area contributed by atoms with Gasteiger partial charge in [-0.1, -0.05) is 45.0 Å². The summed E-state index contributed by atoms with van der Waals surface area (Å²) in [5.41, 5.74) is 1.98. The van der Waals surface area contributed by atoms with Gasteiger partial charge in [-0.05, 0) is 23.5 Å². The van der Waals surface area contributed by atoms with E-state index in [1.165, 1.54) is 0 Å². The van der Waals surface area contributed by atoms with E-state index in [1.54, 1.807) is 0 Å². The fourth-order valence-electron chi connectivity index (χ4n) is 1.98. The number of carbonyl (C=O) groups is 1. The van der Waals surface area contributed by atoms with E-state index in [0.29, 0.717) is 0 Å². The lowest BCUT2D eigenvalue weighted by atomic mass is 10.0. The summed E-state index contributed by atoms with van der Waals surface area (Å²) < 4.78 is 0. The van der Waals surface area contributed by atoms with E-state index in [0.717, 1.165) is 17.5 Å². The molecule has 3 N–H and O–H groups in total. The summed E-state index contributed by atoms with van der Waals surface area (Å²) in [6.45, 7) is 5.98. The second-order valence-electron chi connectivity index (χ2n) is 5.08. The molecular formula is C15H23NO3. The monoisotopic (exact) mass is 265 g/mol. The van der Waals surface area contributed by atoms with Crippen molar-refractivity contribution in [1.82, 2.24) is 5.32 Å². The highest BCUT2D eigenvalue weighted by molar-refractivity contribution is 5.73. The van der Waals surface area contributed by atoms with Gasteiger partial charge in [0, 0.05) is 6.54 Å². The van der Waals surface area contributed by atoms with Crippen LogP contribution in [0.15, 0.2) is 24.3 Å². The average molecular weight is 265 g/mol. The fourth-order valence-corrected chi connectivity index (χ4v) is 1.98. The highest BCUT2D eigenvalue weighted by atomic mass is 16.4. The molecule has 0 saturated heterocycles. The van der Waals surface area contributed by atoms with E-state index >= 15 is 0 Å². The Labute approximate surface area is 114 Å². The van der Waals surface area contributed by atoms with Gasteiger partial charge >= 0.3 is 5.97 Å². The molecule has 106 valence electrons. The number of aliphatic carboxylic acids is 1. The number of aryl methyl sites for hydroxylation is 1. The van der Waals surface area contributed by atoms with Crippen LogP contribution in [-0.4, -0.2) is 28.8 Å². The maximum atomic E-state index is 11.0. The molecule has 0 aliphatic heterocycles. The van der Waals surface area contributed by atoms with Gasteiger partial charge in [-0.25, -0.2) is 0 Å². The van der Waals surface area contributed by atoms with Crippen molar-refractivity contribution >= 4 is 5.97 Å². The zero-order valence-corrected chi connectivity index (χ0v) is 11.8. The quantitative estimate of drug-likeness (QED) is 0.705. The number of rotatable bonds is 7. The SMILES string of the molecule is CCc1cccc(C(O)CN[C@@H](C(=O)O)C(C)C)c1. The Kier molecular flexibility index (Phi) is 5.99. The summed E-state index contributed by atoms with van der Waals surface area (Å²) in [4.78, 5) is 11.0. The van der Waals surface area contributed by atoms with Crippen LogP contribution in [0.4, 0.5) is 0 Å². The molecule has 1 unspecified atom stereocenters. The zero-order valence-electron chi connectivity index (χ0n) is 11.8. The van der Waals surface area contributed by atoms with Crippen molar-refractivity contribution in [3.8, 4) is 0 Å². The predicted octanol–water partition coefficient (Wildman–Crippen LogP) is 1.98. The maximum Gasteiger partial charge on any atom is 0.320 e. The topological polar surface area (TPSA) is 69.6 Å². The van der Waals surface area contributed by atoms with Gasteiger partial charge in [-0.3, -0.25) is 4.79 Å². The second kappa shape index (κ2) is 7.26. The summed E-state index contributed by atoms with van der Waals surface area (Å²) in [7, 11) is 0. The minimum absolute atomic E-state index is 0.0216. The third kappa shape index (κ3) is 4.65. The summed E-state index contributed by atoms with van der Waals surface area (Å²) >= 11 is 0. The summed E-state index contributed by atoms with van der Waals surface area (Å²) in [6.07, 6.45) is 0.227. The Bertz CT molecular complexity index is 418. The average Bonchev–Trinajstić information content (AvgIpc) is 2.38. The third-order valence-corrected chi connectivity index (χ3v) is 3.21. The lowest BCUT2D eigenvalue weighted by Gasteiger charge is -2.20. The van der Waals surface area contributed by atoms with E-state index in [9.17, 15) is 9.90 Å². The van der Waals surface area contributed by atoms with E-state index < -0.39 is 18.1 Å². The summed E-state index contributed by atoms with van der Waals surface area (Å²) in [5.74, 6) is -0.906. The van der Waals surface area contributed by atoms with Crippen molar-refractivity contribution < 1.29 is 15.0 Å². The first-order chi connectivity index (χ1) is 8.95. The molecule has 0 fully saturated rings. The van der Waals surface area contributed by atoms with E-state index in [1.807, 2.05) is 38.1 Å². The van der Waals surface area contributed by atoms with Gasteiger partial charge in [-0.2, -0.15) is 0 Å². The predicted molar refractivity (Wildman–Crippen MR) is 75.0 cm³/mol. The molecule has 0 amide bonds. The fraction of sp³-hybridized carbons (Fsp3) is 0.533. The molecule has 1 rings (SSSR count). The van der Waals surface area contributed by atoms with Gasteiger partial charge in [0.1, 0.15) is 6.04 Å². The van der Waals surface area contributed by atoms with Crippen LogP contribution in [0, 0.1) is 5.92 Å². The molecule has 1 aromatic rings. The van der Waals surface area contributed by atoms with E-state index in [2.05, 4.69) is 12.2 Å². The Morgan fingerprint density at radius 1 is 1.37 bits per heavy atom. The Hall–Kier alpha value is -1.39. The van der Waals surface area contributed by atoms with E-state index in [4.69, 9.17) is 5.11 Å². The zero-order chi connectivity index (χ0) is 14.4. The van der Waals surface area contributed by atoms with Crippen LogP contribution in [0.25, 0.3) is 0 Å². The minimum atomic E-state index is -0.885. The number of nitrogens with one attached hydrogen (secondary N) is 1. The van der Waals surface area contributed by atoms with Crippen molar-refractivity contribution in [2.45, 2.75) is 39.3 Å². The molecule has 0 bridgehead atoms. The Morgan fingerprint density at radius 3 is 2.58 bits per heavy atom. The number of hydrogen-bond acceptors (Lipinski definition) is 3. The minimum Gasteiger partial charge on any atom is -0.480 e. The largest absolute Gasteiger partial charge is 0.480 e. The first-order valence-corrected chi connectivity index (χ1v) is 6.68. The van der Waals surface area contributed by atoms with Crippen LogP contribution in [0.1, 0.15) is 38.0 Å². The molecule has 4 heteroatoms. The third-order valence-electron chi connectivity index (χ3n) is 3.21. The van der Waals surface area contributed by atoms with Gasteiger partial charge in [0.2, 0.25) is 0 Å². The summed E-state index contributed by atoms with van der Waals surface area (Å²) in [6, 6.07) is 7.10. The smallest absolute Gasteiger partial charge is 0.320 e. The van der Waals surface area contributed by atoms with Gasteiger partial charge in [0.25, 0.3) is 0 Å². The molecule has 0 aliphatic rings. The number of hydrogen-bond donors (Lipinski definition) is 3. The molecule has 0 aromatic heterocycles. The number of carboxylic acid groups (broad SMARTS) is 1. The Balaban J connectivity index is 2.63. The molecule has 0 heterocycles. The molecule has 1 aromatic carbocycles. The number of aliphatic hydroxyl groups excluding tert-OH is 1. The molecule has 19 heavy (non-hydrogen) atoms. The van der Waals surface area contributed by atoms with Crippen molar-refractivity contribution in [3.05, 3.63) is 35.4 Å². The molecular weight excluding hydrogens is 242 g/mol. The molecule has 4 nitrogen and oxygen atoms in total. The number of carboxylic acids is 1. The summed E-state index contributed by atoms with van der Waals surface area (Å²) in [5, 5.41) is 22.1. The highest BCUT2D eigenvalue weighted by Gasteiger charge is 2.21. The molecule has 0 radical (unpaired) electrons. The maximum absolute atomic E-state index is 11.0. The molecule has 0 spiro atoms. The molecule has 0 aliphatic carbocycles. The number of aliphatic hydroxyl groups is 1. The van der Waals surface area contributed by atoms with Crippen molar-refractivity contribution in [2.24, 2.45) is 5.92 Å². The number of benzene rings is 1. The first kappa shape index (κ1) is 15.7. The molecule has 0 saturated carbocycles.